The maximum Gasteiger partial charge on any atom is 0.106 e. The number of aromatic amines is 1. The number of nitrogens with one attached hydrogen (secondary N) is 1. The Bertz CT molecular complexity index is 261. The molecule has 1 aromatic rings. The zero-order valence-electron chi connectivity index (χ0n) is 9.15. The molecule has 0 fully saturated rings. The maximum atomic E-state index is 4.59. The monoisotopic (exact) mass is 180 g/mol. The van der Waals surface area contributed by atoms with E-state index in [9.17, 15) is 0 Å². The van der Waals surface area contributed by atoms with Crippen molar-refractivity contribution in [3.05, 3.63) is 17.7 Å². The number of hydrogen-bond donors (Lipinski definition) is 1. The summed E-state index contributed by atoms with van der Waals surface area (Å²) in [7, 11) is 0. The van der Waals surface area contributed by atoms with Crippen LogP contribution in [-0.2, 0) is 11.8 Å². The summed E-state index contributed by atoms with van der Waals surface area (Å²) in [6.07, 6.45) is 5.39. The van der Waals surface area contributed by atoms with Crippen molar-refractivity contribution in [2.24, 2.45) is 0 Å². The Morgan fingerprint density at radius 2 is 2.08 bits per heavy atom. The summed E-state index contributed by atoms with van der Waals surface area (Å²) in [4.78, 5) is 7.82. The van der Waals surface area contributed by atoms with Crippen LogP contribution in [0.2, 0.25) is 0 Å². The highest BCUT2D eigenvalue weighted by Crippen LogP contribution is 2.24. The molecule has 0 aliphatic carbocycles. The van der Waals surface area contributed by atoms with E-state index >= 15 is 0 Å². The molecule has 2 heteroatoms. The van der Waals surface area contributed by atoms with Gasteiger partial charge in [-0.1, -0.05) is 27.7 Å². The number of rotatable bonds is 4. The molecule has 0 saturated carbocycles. The van der Waals surface area contributed by atoms with E-state index in [1.54, 1.807) is 0 Å². The molecule has 2 nitrogen and oxygen atoms in total. The number of aromatic nitrogens is 2. The van der Waals surface area contributed by atoms with E-state index < -0.39 is 0 Å². The second-order valence-corrected chi connectivity index (χ2v) is 4.22. The van der Waals surface area contributed by atoms with Gasteiger partial charge in [-0.05, 0) is 12.8 Å². The Labute approximate surface area is 80.8 Å². The highest BCUT2D eigenvalue weighted by Gasteiger charge is 2.20. The molecule has 0 amide bonds. The van der Waals surface area contributed by atoms with E-state index in [1.807, 2.05) is 0 Å². The highest BCUT2D eigenvalue weighted by molar-refractivity contribution is 5.12. The van der Waals surface area contributed by atoms with Crippen LogP contribution in [0.1, 0.15) is 52.1 Å². The number of H-pyrrole nitrogens is 1. The number of hydrogen-bond acceptors (Lipinski definition) is 1. The van der Waals surface area contributed by atoms with Crippen LogP contribution in [0.5, 0.6) is 0 Å². The van der Waals surface area contributed by atoms with Gasteiger partial charge in [-0.25, -0.2) is 4.98 Å². The molecular formula is C11H20N2. The second-order valence-electron chi connectivity index (χ2n) is 4.22. The zero-order valence-corrected chi connectivity index (χ0v) is 9.15. The molecule has 0 aliphatic rings. The Kier molecular flexibility index (Phi) is 3.12. The van der Waals surface area contributed by atoms with Crippen LogP contribution in [0.4, 0.5) is 0 Å². The summed E-state index contributed by atoms with van der Waals surface area (Å²) in [5.74, 6) is 1.12. The van der Waals surface area contributed by atoms with E-state index in [2.05, 4.69) is 43.9 Å². The normalized spacial score (nSPS) is 12.0. The van der Waals surface area contributed by atoms with Gasteiger partial charge in [0.2, 0.25) is 0 Å². The largest absolute Gasteiger partial charge is 0.348 e. The molecule has 1 aromatic heterocycles. The zero-order chi connectivity index (χ0) is 9.90. The summed E-state index contributed by atoms with van der Waals surface area (Å²) in [5, 5.41) is 0. The van der Waals surface area contributed by atoms with Crippen LogP contribution < -0.4 is 0 Å². The predicted molar refractivity (Wildman–Crippen MR) is 55.9 cm³/mol. The first-order valence-corrected chi connectivity index (χ1v) is 5.15. The first-order valence-electron chi connectivity index (χ1n) is 5.15. The van der Waals surface area contributed by atoms with Gasteiger partial charge in [0.05, 0.1) is 5.69 Å². The summed E-state index contributed by atoms with van der Waals surface area (Å²) in [6, 6.07) is 0. The summed E-state index contributed by atoms with van der Waals surface area (Å²) < 4.78 is 0. The minimum atomic E-state index is 0.211. The van der Waals surface area contributed by atoms with Gasteiger partial charge in [0.25, 0.3) is 0 Å². The van der Waals surface area contributed by atoms with Crippen molar-refractivity contribution >= 4 is 0 Å². The molecule has 74 valence electrons. The lowest BCUT2D eigenvalue weighted by atomic mass is 9.87. The van der Waals surface area contributed by atoms with E-state index in [0.717, 1.165) is 25.1 Å². The molecule has 0 aromatic carbocycles. The minimum Gasteiger partial charge on any atom is -0.348 e. The van der Waals surface area contributed by atoms with Crippen LogP contribution in [-0.4, -0.2) is 9.97 Å². The Hall–Kier alpha value is -0.790. The molecular weight excluding hydrogens is 160 g/mol. The molecule has 1 N–H and O–H groups in total. The molecule has 0 unspecified atom stereocenters. The number of aryl methyl sites for hydroxylation is 1. The van der Waals surface area contributed by atoms with Crippen molar-refractivity contribution in [1.82, 2.24) is 9.97 Å². The van der Waals surface area contributed by atoms with Crippen molar-refractivity contribution < 1.29 is 0 Å². The maximum absolute atomic E-state index is 4.59. The van der Waals surface area contributed by atoms with Gasteiger partial charge >= 0.3 is 0 Å². The number of nitrogens with zero attached hydrogens (tertiary/aromatic N) is 1. The molecule has 0 atom stereocenters. The minimum absolute atomic E-state index is 0.211. The van der Waals surface area contributed by atoms with Crippen LogP contribution in [0.15, 0.2) is 6.20 Å². The van der Waals surface area contributed by atoms with Crippen molar-refractivity contribution in [3.63, 3.8) is 0 Å². The number of imidazole rings is 1. The van der Waals surface area contributed by atoms with Gasteiger partial charge in [0, 0.05) is 18.0 Å². The molecule has 0 spiro atoms. The van der Waals surface area contributed by atoms with Gasteiger partial charge in [0.15, 0.2) is 0 Å². The van der Waals surface area contributed by atoms with Crippen LogP contribution in [0.25, 0.3) is 0 Å². The molecule has 0 bridgehead atoms. The van der Waals surface area contributed by atoms with Gasteiger partial charge in [-0.15, -0.1) is 0 Å². The summed E-state index contributed by atoms with van der Waals surface area (Å²) in [6.45, 7) is 8.85. The third-order valence-corrected chi connectivity index (χ3v) is 2.69. The van der Waals surface area contributed by atoms with Crippen LogP contribution in [0, 0.1) is 0 Å². The summed E-state index contributed by atoms with van der Waals surface area (Å²) >= 11 is 0. The fourth-order valence-corrected chi connectivity index (χ4v) is 1.25. The lowest BCUT2D eigenvalue weighted by molar-refractivity contribution is 0.491. The lowest BCUT2D eigenvalue weighted by Crippen LogP contribution is -2.15. The van der Waals surface area contributed by atoms with E-state index in [-0.39, 0.29) is 5.41 Å². The molecule has 0 saturated heterocycles. The molecule has 1 rings (SSSR count). The third-order valence-electron chi connectivity index (χ3n) is 2.69. The Morgan fingerprint density at radius 1 is 1.38 bits per heavy atom. The van der Waals surface area contributed by atoms with E-state index in [4.69, 9.17) is 0 Å². The van der Waals surface area contributed by atoms with E-state index in [0.29, 0.717) is 0 Å². The first-order chi connectivity index (χ1) is 6.10. The van der Waals surface area contributed by atoms with Crippen molar-refractivity contribution in [1.29, 1.82) is 0 Å². The standard InChI is InChI=1S/C11H20N2/c1-5-7-10-12-8-9(13-10)11(3,4)6-2/h8H,5-7H2,1-4H3,(H,12,13). The molecule has 1 heterocycles. The van der Waals surface area contributed by atoms with Crippen molar-refractivity contribution in [3.8, 4) is 0 Å². The Balaban J connectivity index is 2.79. The fourth-order valence-electron chi connectivity index (χ4n) is 1.25. The quantitative estimate of drug-likeness (QED) is 0.758. The highest BCUT2D eigenvalue weighted by atomic mass is 14.9. The van der Waals surface area contributed by atoms with E-state index in [1.165, 1.54) is 5.69 Å². The lowest BCUT2D eigenvalue weighted by Gasteiger charge is -2.19. The first kappa shape index (κ1) is 10.3. The molecule has 0 radical (unpaired) electrons. The topological polar surface area (TPSA) is 28.7 Å². The SMILES string of the molecule is CCCc1nc(C(C)(C)CC)c[nH]1. The van der Waals surface area contributed by atoms with Crippen LogP contribution >= 0.6 is 0 Å². The van der Waals surface area contributed by atoms with Gasteiger partial charge in [0.1, 0.15) is 5.82 Å². The fraction of sp³-hybridized carbons (Fsp3) is 0.727. The smallest absolute Gasteiger partial charge is 0.106 e. The molecule has 13 heavy (non-hydrogen) atoms. The second kappa shape index (κ2) is 3.95. The van der Waals surface area contributed by atoms with Crippen molar-refractivity contribution in [2.45, 2.75) is 52.4 Å². The predicted octanol–water partition coefficient (Wildman–Crippen LogP) is 3.05. The average Bonchev–Trinajstić information content (AvgIpc) is 2.54. The summed E-state index contributed by atoms with van der Waals surface area (Å²) in [5.41, 5.74) is 1.40. The molecule has 0 aliphatic heterocycles. The van der Waals surface area contributed by atoms with Gasteiger partial charge in [-0.3, -0.25) is 0 Å². The van der Waals surface area contributed by atoms with Gasteiger partial charge < -0.3 is 4.98 Å². The third kappa shape index (κ3) is 2.33. The Morgan fingerprint density at radius 3 is 2.62 bits per heavy atom. The van der Waals surface area contributed by atoms with Crippen LogP contribution in [0.3, 0.4) is 0 Å². The van der Waals surface area contributed by atoms with Crippen molar-refractivity contribution in [2.75, 3.05) is 0 Å². The average molecular weight is 180 g/mol. The van der Waals surface area contributed by atoms with Gasteiger partial charge in [-0.2, -0.15) is 0 Å².